The maximum absolute atomic E-state index is 12.1. The molecule has 4 aromatic rings. The Balaban J connectivity index is 1.25. The molecule has 0 aliphatic carbocycles. The lowest BCUT2D eigenvalue weighted by atomic mass is 10.2. The zero-order valence-electron chi connectivity index (χ0n) is 14.7. The highest BCUT2D eigenvalue weighted by molar-refractivity contribution is 5.89. The van der Waals surface area contributed by atoms with E-state index in [2.05, 4.69) is 30.7 Å². The Labute approximate surface area is 159 Å². The minimum Gasteiger partial charge on any atom is -0.462 e. The van der Waals surface area contributed by atoms with Crippen molar-refractivity contribution in [2.45, 2.75) is 12.8 Å². The summed E-state index contributed by atoms with van der Waals surface area (Å²) in [5, 5.41) is 14.9. The molecule has 0 radical (unpaired) electrons. The predicted octanol–water partition coefficient (Wildman–Crippen LogP) is 1.90. The van der Waals surface area contributed by atoms with Crippen molar-refractivity contribution in [2.75, 3.05) is 6.61 Å². The quantitative estimate of drug-likeness (QED) is 0.351. The van der Waals surface area contributed by atoms with E-state index >= 15 is 0 Å². The number of tetrazole rings is 1. The minimum absolute atomic E-state index is 0.248. The summed E-state index contributed by atoms with van der Waals surface area (Å²) in [7, 11) is 0. The fourth-order valence-corrected chi connectivity index (χ4v) is 2.47. The van der Waals surface area contributed by atoms with E-state index in [-0.39, 0.29) is 6.61 Å². The number of aryl methyl sites for hydroxylation is 1. The number of hydrogen-bond acceptors (Lipinski definition) is 9. The average molecular weight is 377 g/mol. The third-order valence-electron chi connectivity index (χ3n) is 3.87. The molecule has 0 saturated carbocycles. The van der Waals surface area contributed by atoms with Gasteiger partial charge in [-0.2, -0.15) is 4.98 Å². The second-order valence-corrected chi connectivity index (χ2v) is 5.79. The van der Waals surface area contributed by atoms with Crippen molar-refractivity contribution in [1.29, 1.82) is 0 Å². The van der Waals surface area contributed by atoms with Gasteiger partial charge in [-0.15, -0.1) is 5.10 Å². The minimum atomic E-state index is -0.398. The van der Waals surface area contributed by atoms with Gasteiger partial charge in [-0.1, -0.05) is 5.16 Å². The number of nitrogens with zero attached hydrogens (tertiary/aromatic N) is 7. The van der Waals surface area contributed by atoms with E-state index in [4.69, 9.17) is 9.26 Å². The van der Waals surface area contributed by atoms with Gasteiger partial charge in [-0.25, -0.2) is 9.48 Å². The van der Waals surface area contributed by atoms with Crippen molar-refractivity contribution in [3.05, 3.63) is 66.6 Å². The molecule has 0 saturated heterocycles. The third kappa shape index (κ3) is 4.06. The molecular weight excluding hydrogens is 362 g/mol. The summed E-state index contributed by atoms with van der Waals surface area (Å²) >= 11 is 0. The van der Waals surface area contributed by atoms with E-state index in [1.54, 1.807) is 42.7 Å². The number of esters is 1. The standard InChI is InChI=1S/C18H15N7O3/c26-18(13-5-7-15(8-6-13)25-12-20-23-24-25)27-10-2-4-16-21-17(22-28-16)14-3-1-9-19-11-14/h1,3,5-9,11-12H,2,4,10H2. The lowest BCUT2D eigenvalue weighted by Gasteiger charge is -2.05. The van der Waals surface area contributed by atoms with Crippen molar-refractivity contribution in [1.82, 2.24) is 35.3 Å². The molecule has 0 atom stereocenters. The maximum Gasteiger partial charge on any atom is 0.338 e. The molecule has 10 nitrogen and oxygen atoms in total. The molecule has 28 heavy (non-hydrogen) atoms. The molecule has 0 aliphatic rings. The van der Waals surface area contributed by atoms with E-state index in [9.17, 15) is 4.79 Å². The SMILES string of the molecule is O=C(OCCCc1nc(-c2cccnc2)no1)c1ccc(-n2cnnn2)cc1. The Morgan fingerprint density at radius 3 is 2.82 bits per heavy atom. The summed E-state index contributed by atoms with van der Waals surface area (Å²) in [6, 6.07) is 10.5. The van der Waals surface area contributed by atoms with Crippen LogP contribution in [0.15, 0.2) is 59.6 Å². The number of carbonyl (C=O) groups excluding carboxylic acids is 1. The van der Waals surface area contributed by atoms with Crippen LogP contribution in [0.1, 0.15) is 22.7 Å². The van der Waals surface area contributed by atoms with E-state index in [0.29, 0.717) is 30.1 Å². The van der Waals surface area contributed by atoms with Crippen molar-refractivity contribution in [2.24, 2.45) is 0 Å². The number of carbonyl (C=O) groups is 1. The van der Waals surface area contributed by atoms with Gasteiger partial charge in [0.25, 0.3) is 0 Å². The van der Waals surface area contributed by atoms with Gasteiger partial charge in [0.1, 0.15) is 6.33 Å². The lowest BCUT2D eigenvalue weighted by Crippen LogP contribution is -2.07. The monoisotopic (exact) mass is 377 g/mol. The number of pyridine rings is 1. The van der Waals surface area contributed by atoms with Crippen LogP contribution in [0.2, 0.25) is 0 Å². The van der Waals surface area contributed by atoms with Gasteiger partial charge in [0.2, 0.25) is 11.7 Å². The molecule has 1 aromatic carbocycles. The van der Waals surface area contributed by atoms with Gasteiger partial charge in [0, 0.05) is 24.4 Å². The summed E-state index contributed by atoms with van der Waals surface area (Å²) in [4.78, 5) is 20.5. The molecule has 0 bridgehead atoms. The molecule has 140 valence electrons. The Kier molecular flexibility index (Phi) is 5.09. The van der Waals surface area contributed by atoms with Crippen molar-refractivity contribution in [3.8, 4) is 17.1 Å². The van der Waals surface area contributed by atoms with Gasteiger partial charge >= 0.3 is 5.97 Å². The number of aromatic nitrogens is 7. The molecule has 0 N–H and O–H groups in total. The van der Waals surface area contributed by atoms with Crippen LogP contribution in [0.25, 0.3) is 17.1 Å². The summed E-state index contributed by atoms with van der Waals surface area (Å²) in [6.45, 7) is 0.248. The number of hydrogen-bond donors (Lipinski definition) is 0. The molecule has 10 heteroatoms. The normalized spacial score (nSPS) is 10.7. The number of rotatable bonds is 7. The zero-order chi connectivity index (χ0) is 19.2. The Morgan fingerprint density at radius 2 is 2.07 bits per heavy atom. The van der Waals surface area contributed by atoms with Crippen LogP contribution in [0.4, 0.5) is 0 Å². The van der Waals surface area contributed by atoms with E-state index < -0.39 is 5.97 Å². The van der Waals surface area contributed by atoms with Gasteiger partial charge in [-0.3, -0.25) is 4.98 Å². The first-order valence-electron chi connectivity index (χ1n) is 8.53. The molecule has 0 amide bonds. The zero-order valence-corrected chi connectivity index (χ0v) is 14.7. The second-order valence-electron chi connectivity index (χ2n) is 5.79. The fraction of sp³-hybridized carbons (Fsp3) is 0.167. The van der Waals surface area contributed by atoms with Crippen LogP contribution >= 0.6 is 0 Å². The Hall–Kier alpha value is -3.95. The molecule has 3 aromatic heterocycles. The fourth-order valence-electron chi connectivity index (χ4n) is 2.47. The van der Waals surface area contributed by atoms with Gasteiger partial charge in [0.05, 0.1) is 17.9 Å². The molecule has 4 rings (SSSR count). The first-order chi connectivity index (χ1) is 13.8. The summed E-state index contributed by atoms with van der Waals surface area (Å²) < 4.78 is 12.0. The lowest BCUT2D eigenvalue weighted by molar-refractivity contribution is 0.0498. The van der Waals surface area contributed by atoms with Crippen molar-refractivity contribution < 1.29 is 14.1 Å². The Morgan fingerprint density at radius 1 is 1.18 bits per heavy atom. The molecule has 3 heterocycles. The third-order valence-corrected chi connectivity index (χ3v) is 3.87. The van der Waals surface area contributed by atoms with E-state index in [0.717, 1.165) is 11.3 Å². The number of benzene rings is 1. The molecule has 0 fully saturated rings. The molecular formula is C18H15N7O3. The van der Waals surface area contributed by atoms with Crippen LogP contribution in [-0.4, -0.2) is 47.9 Å². The Bertz CT molecular complexity index is 1030. The van der Waals surface area contributed by atoms with Gasteiger partial charge in [-0.05, 0) is 53.2 Å². The first-order valence-corrected chi connectivity index (χ1v) is 8.53. The highest BCUT2D eigenvalue weighted by Gasteiger charge is 2.10. The average Bonchev–Trinajstić information content (AvgIpc) is 3.44. The van der Waals surface area contributed by atoms with Gasteiger partial charge in [0.15, 0.2) is 0 Å². The highest BCUT2D eigenvalue weighted by Crippen LogP contribution is 2.14. The summed E-state index contributed by atoms with van der Waals surface area (Å²) in [5.41, 5.74) is 1.99. The smallest absolute Gasteiger partial charge is 0.338 e. The predicted molar refractivity (Wildman–Crippen MR) is 95.3 cm³/mol. The summed E-state index contributed by atoms with van der Waals surface area (Å²) in [5.74, 6) is 0.577. The maximum atomic E-state index is 12.1. The largest absolute Gasteiger partial charge is 0.462 e. The van der Waals surface area contributed by atoms with E-state index in [1.807, 2.05) is 6.07 Å². The van der Waals surface area contributed by atoms with Crippen LogP contribution < -0.4 is 0 Å². The summed E-state index contributed by atoms with van der Waals surface area (Å²) in [6.07, 6.45) is 5.91. The van der Waals surface area contributed by atoms with Crippen LogP contribution in [0.5, 0.6) is 0 Å². The van der Waals surface area contributed by atoms with Crippen LogP contribution in [-0.2, 0) is 11.2 Å². The first kappa shape index (κ1) is 17.5. The van der Waals surface area contributed by atoms with Crippen molar-refractivity contribution in [3.63, 3.8) is 0 Å². The molecule has 0 unspecified atom stereocenters. The molecule has 0 aliphatic heterocycles. The second kappa shape index (κ2) is 8.16. The highest BCUT2D eigenvalue weighted by atomic mass is 16.5. The topological polar surface area (TPSA) is 122 Å². The van der Waals surface area contributed by atoms with Crippen LogP contribution in [0.3, 0.4) is 0 Å². The number of ether oxygens (including phenoxy) is 1. The van der Waals surface area contributed by atoms with E-state index in [1.165, 1.54) is 11.0 Å². The molecule has 0 spiro atoms. The van der Waals surface area contributed by atoms with Gasteiger partial charge < -0.3 is 9.26 Å². The van der Waals surface area contributed by atoms with Crippen LogP contribution in [0, 0.1) is 0 Å². The van der Waals surface area contributed by atoms with Crippen molar-refractivity contribution >= 4 is 5.97 Å².